The lowest BCUT2D eigenvalue weighted by atomic mass is 10.0. The van der Waals surface area contributed by atoms with Crippen molar-refractivity contribution >= 4 is 34.2 Å². The van der Waals surface area contributed by atoms with E-state index in [4.69, 9.17) is 0 Å². The van der Waals surface area contributed by atoms with Gasteiger partial charge in [0.15, 0.2) is 0 Å². The van der Waals surface area contributed by atoms with Gasteiger partial charge in [-0.3, -0.25) is 9.69 Å². The lowest BCUT2D eigenvalue weighted by Gasteiger charge is -2.33. The Hall–Kier alpha value is -2.44. The predicted molar refractivity (Wildman–Crippen MR) is 133 cm³/mol. The number of rotatable bonds is 5. The molecule has 6 nitrogen and oxygen atoms in total. The van der Waals surface area contributed by atoms with E-state index in [1.807, 2.05) is 24.9 Å². The summed E-state index contributed by atoms with van der Waals surface area (Å²) in [6.07, 6.45) is 0.0113. The molecule has 2 heterocycles. The lowest BCUT2D eigenvalue weighted by Crippen LogP contribution is -2.44. The maximum atomic E-state index is 14.3. The second-order valence-corrected chi connectivity index (χ2v) is 9.65. The van der Waals surface area contributed by atoms with Crippen molar-refractivity contribution in [1.29, 1.82) is 0 Å². The van der Waals surface area contributed by atoms with E-state index in [0.29, 0.717) is 24.3 Å². The van der Waals surface area contributed by atoms with Crippen LogP contribution >= 0.6 is 22.6 Å². The van der Waals surface area contributed by atoms with Crippen LogP contribution in [-0.4, -0.2) is 58.5 Å². The standard InChI is InChI=1S/C24H25F3IN5O/c1-16-3-4-17(11-21(16)28)23(34)30-18-12-20(24(25,26)27)19(14-32-9-7-31(2)8-10-32)22(13-18)33-6-5-29-15-33/h3-6,11-13,15H,7-10,14H2,1-2H3,(H,30,34). The SMILES string of the molecule is Cc1ccc(C(=O)Nc2cc(-n3ccnc3)c(CN3CCN(C)CC3)c(C(F)(F)F)c2)cc1I. The first-order valence-electron chi connectivity index (χ1n) is 10.8. The summed E-state index contributed by atoms with van der Waals surface area (Å²) in [7, 11) is 2.00. The summed E-state index contributed by atoms with van der Waals surface area (Å²) >= 11 is 2.13. The van der Waals surface area contributed by atoms with Crippen molar-refractivity contribution in [3.63, 3.8) is 0 Å². The minimum atomic E-state index is -4.59. The summed E-state index contributed by atoms with van der Waals surface area (Å²) in [5.41, 5.74) is 1.24. The highest BCUT2D eigenvalue weighted by atomic mass is 127. The second kappa shape index (κ2) is 10.0. The Balaban J connectivity index is 1.74. The molecule has 0 unspecified atom stereocenters. The van der Waals surface area contributed by atoms with Crippen LogP contribution in [0.5, 0.6) is 0 Å². The Bertz CT molecular complexity index is 1170. The van der Waals surface area contributed by atoms with Gasteiger partial charge in [-0.25, -0.2) is 4.98 Å². The first-order valence-corrected chi connectivity index (χ1v) is 11.9. The molecule has 0 spiro atoms. The highest BCUT2D eigenvalue weighted by Gasteiger charge is 2.36. The predicted octanol–water partition coefficient (Wildman–Crippen LogP) is 4.80. The van der Waals surface area contributed by atoms with Gasteiger partial charge < -0.3 is 14.8 Å². The third-order valence-corrected chi connectivity index (χ3v) is 7.15. The quantitative estimate of drug-likeness (QED) is 0.439. The Kier molecular flexibility index (Phi) is 7.29. The smallest absolute Gasteiger partial charge is 0.322 e. The van der Waals surface area contributed by atoms with Gasteiger partial charge in [-0.05, 0) is 66.4 Å². The normalized spacial score (nSPS) is 15.5. The number of hydrogen-bond donors (Lipinski definition) is 1. The van der Waals surface area contributed by atoms with E-state index in [1.165, 1.54) is 12.5 Å². The van der Waals surface area contributed by atoms with Crippen molar-refractivity contribution in [1.82, 2.24) is 19.4 Å². The molecule has 10 heteroatoms. The second-order valence-electron chi connectivity index (χ2n) is 8.49. The Morgan fingerprint density at radius 1 is 1.15 bits per heavy atom. The van der Waals surface area contributed by atoms with E-state index in [-0.39, 0.29) is 17.8 Å². The number of anilines is 1. The number of benzene rings is 2. The van der Waals surface area contributed by atoms with Crippen molar-refractivity contribution in [3.8, 4) is 5.69 Å². The molecule has 0 radical (unpaired) electrons. The van der Waals surface area contributed by atoms with E-state index in [9.17, 15) is 18.0 Å². The van der Waals surface area contributed by atoms with Crippen molar-refractivity contribution in [3.05, 3.63) is 74.9 Å². The molecule has 180 valence electrons. The Morgan fingerprint density at radius 2 is 1.88 bits per heavy atom. The maximum Gasteiger partial charge on any atom is 0.416 e. The molecule has 1 aliphatic rings. The topological polar surface area (TPSA) is 53.4 Å². The average molecular weight is 583 g/mol. The van der Waals surface area contributed by atoms with E-state index in [2.05, 4.69) is 37.8 Å². The zero-order valence-electron chi connectivity index (χ0n) is 18.9. The van der Waals surface area contributed by atoms with E-state index >= 15 is 0 Å². The molecule has 4 rings (SSSR count). The molecule has 1 saturated heterocycles. The number of halogens is 4. The molecule has 1 aliphatic heterocycles. The van der Waals surface area contributed by atoms with Gasteiger partial charge in [-0.1, -0.05) is 6.07 Å². The molecule has 3 aromatic rings. The van der Waals surface area contributed by atoms with Gasteiger partial charge in [0.05, 0.1) is 17.6 Å². The van der Waals surface area contributed by atoms with Gasteiger partial charge in [0.25, 0.3) is 5.91 Å². The molecule has 0 saturated carbocycles. The largest absolute Gasteiger partial charge is 0.416 e. The molecule has 0 atom stereocenters. The fraction of sp³-hybridized carbons (Fsp3) is 0.333. The summed E-state index contributed by atoms with van der Waals surface area (Å²) in [6.45, 7) is 5.04. The average Bonchev–Trinajstić information content (AvgIpc) is 3.32. The van der Waals surface area contributed by atoms with Gasteiger partial charge in [-0.15, -0.1) is 0 Å². The number of amides is 1. The maximum absolute atomic E-state index is 14.3. The number of aryl methyl sites for hydroxylation is 1. The van der Waals surface area contributed by atoms with Crippen LogP contribution in [0.25, 0.3) is 5.69 Å². The highest BCUT2D eigenvalue weighted by Crippen LogP contribution is 2.38. The van der Waals surface area contributed by atoms with Crippen LogP contribution in [0.15, 0.2) is 49.1 Å². The van der Waals surface area contributed by atoms with Crippen molar-refractivity contribution in [2.24, 2.45) is 0 Å². The molecule has 1 N–H and O–H groups in total. The summed E-state index contributed by atoms with van der Waals surface area (Å²) in [4.78, 5) is 21.0. The van der Waals surface area contributed by atoms with Crippen LogP contribution in [0, 0.1) is 10.5 Å². The summed E-state index contributed by atoms with van der Waals surface area (Å²) in [5, 5.41) is 2.66. The monoisotopic (exact) mass is 583 g/mol. The zero-order valence-corrected chi connectivity index (χ0v) is 21.0. The first kappa shape index (κ1) is 24.7. The fourth-order valence-electron chi connectivity index (χ4n) is 3.95. The molecule has 0 aliphatic carbocycles. The van der Waals surface area contributed by atoms with Crippen LogP contribution in [-0.2, 0) is 12.7 Å². The highest BCUT2D eigenvalue weighted by molar-refractivity contribution is 14.1. The molecular weight excluding hydrogens is 558 g/mol. The molecule has 1 aromatic heterocycles. The van der Waals surface area contributed by atoms with E-state index in [0.717, 1.165) is 28.3 Å². The Labute approximate surface area is 209 Å². The number of carbonyl (C=O) groups excluding carboxylic acids is 1. The molecular formula is C24H25F3IN5O. The fourth-order valence-corrected chi connectivity index (χ4v) is 4.46. The minimum absolute atomic E-state index is 0.0822. The molecule has 0 bridgehead atoms. The number of aromatic nitrogens is 2. The third-order valence-electron chi connectivity index (χ3n) is 5.98. The minimum Gasteiger partial charge on any atom is -0.322 e. The number of carbonyl (C=O) groups is 1. The van der Waals surface area contributed by atoms with Crippen LogP contribution in [0.4, 0.5) is 18.9 Å². The van der Waals surface area contributed by atoms with Crippen molar-refractivity contribution in [2.45, 2.75) is 19.6 Å². The molecule has 1 fully saturated rings. The van der Waals surface area contributed by atoms with E-state index < -0.39 is 17.6 Å². The van der Waals surface area contributed by atoms with Crippen LogP contribution < -0.4 is 5.32 Å². The number of imidazole rings is 1. The van der Waals surface area contributed by atoms with Crippen LogP contribution in [0.1, 0.15) is 27.0 Å². The number of likely N-dealkylation sites (N-methyl/N-ethyl adjacent to an activating group) is 1. The number of nitrogens with zero attached hydrogens (tertiary/aromatic N) is 4. The number of alkyl halides is 3. The molecule has 2 aromatic carbocycles. The van der Waals surface area contributed by atoms with E-state index in [1.54, 1.807) is 29.0 Å². The van der Waals surface area contributed by atoms with Gasteiger partial charge >= 0.3 is 6.18 Å². The number of nitrogens with one attached hydrogen (secondary N) is 1. The molecule has 34 heavy (non-hydrogen) atoms. The number of piperazine rings is 1. The summed E-state index contributed by atoms with van der Waals surface area (Å²) in [5.74, 6) is -0.463. The Morgan fingerprint density at radius 3 is 2.50 bits per heavy atom. The van der Waals surface area contributed by atoms with Crippen LogP contribution in [0.2, 0.25) is 0 Å². The van der Waals surface area contributed by atoms with Crippen molar-refractivity contribution < 1.29 is 18.0 Å². The lowest BCUT2D eigenvalue weighted by molar-refractivity contribution is -0.138. The zero-order chi connectivity index (χ0) is 24.5. The number of hydrogen-bond acceptors (Lipinski definition) is 4. The summed E-state index contributed by atoms with van der Waals surface area (Å²) in [6, 6.07) is 7.81. The first-order chi connectivity index (χ1) is 16.1. The third kappa shape index (κ3) is 5.61. The van der Waals surface area contributed by atoms with Crippen molar-refractivity contribution in [2.75, 3.05) is 38.5 Å². The van der Waals surface area contributed by atoms with Gasteiger partial charge in [-0.2, -0.15) is 13.2 Å². The van der Waals surface area contributed by atoms with Gasteiger partial charge in [0, 0.05) is 65.5 Å². The van der Waals surface area contributed by atoms with Gasteiger partial charge in [0.2, 0.25) is 0 Å². The summed E-state index contributed by atoms with van der Waals surface area (Å²) < 4.78 is 45.2. The van der Waals surface area contributed by atoms with Crippen LogP contribution in [0.3, 0.4) is 0 Å². The molecule has 1 amide bonds. The van der Waals surface area contributed by atoms with Gasteiger partial charge in [0.1, 0.15) is 0 Å².